The zero-order valence-corrected chi connectivity index (χ0v) is 18.6. The number of unbranched alkanes of at least 4 members (excludes halogenated alkanes) is 1. The zero-order chi connectivity index (χ0) is 23.2. The molecule has 2 rings (SSSR count). The largest absolute Gasteiger partial charge is 0.416 e. The molecule has 0 saturated carbocycles. The molecule has 0 radical (unpaired) electrons. The maximum atomic E-state index is 12.9. The predicted octanol–water partition coefficient (Wildman–Crippen LogP) is 5.12. The molecular formula is C22H27F3N2O3S. The Morgan fingerprint density at radius 1 is 1.13 bits per heavy atom. The number of nitrogens with zero attached hydrogens (tertiary/aromatic N) is 2. The fourth-order valence-corrected chi connectivity index (χ4v) is 4.59. The summed E-state index contributed by atoms with van der Waals surface area (Å²) in [6.07, 6.45) is -1.81. The highest BCUT2D eigenvalue weighted by molar-refractivity contribution is 7.90. The van der Waals surface area contributed by atoms with Gasteiger partial charge in [-0.25, -0.2) is 13.4 Å². The van der Waals surface area contributed by atoms with Gasteiger partial charge >= 0.3 is 6.18 Å². The number of carbonyl (C=O) groups excluding carboxylic acids is 1. The van der Waals surface area contributed by atoms with Gasteiger partial charge in [0.1, 0.15) is 5.69 Å². The van der Waals surface area contributed by atoms with Crippen molar-refractivity contribution in [2.24, 2.45) is 0 Å². The minimum absolute atomic E-state index is 0.0109. The van der Waals surface area contributed by atoms with Crippen molar-refractivity contribution in [1.82, 2.24) is 9.88 Å². The van der Waals surface area contributed by atoms with Gasteiger partial charge in [-0.2, -0.15) is 13.2 Å². The Kier molecular flexibility index (Phi) is 8.22. The van der Waals surface area contributed by atoms with E-state index >= 15 is 0 Å². The Bertz CT molecular complexity index is 1010. The van der Waals surface area contributed by atoms with E-state index in [9.17, 15) is 26.4 Å². The summed E-state index contributed by atoms with van der Waals surface area (Å²) in [5.41, 5.74) is -0.826. The van der Waals surface area contributed by atoms with Gasteiger partial charge in [0.15, 0.2) is 9.84 Å². The standard InChI is InChI=1S/C22H27F3N2O3S/c1-4-6-9-16(3)27(5-2)21(28)20-13-8-11-18(26-20)15-31(29,30)19-12-7-10-17(14-19)22(23,24)25/h7-8,10-14,16H,4-6,9,15H2,1-3H3/t16-/m1/s1. The molecule has 170 valence electrons. The maximum absolute atomic E-state index is 12.9. The lowest BCUT2D eigenvalue weighted by Gasteiger charge is -2.28. The highest BCUT2D eigenvalue weighted by Gasteiger charge is 2.32. The van der Waals surface area contributed by atoms with E-state index in [0.29, 0.717) is 12.6 Å². The van der Waals surface area contributed by atoms with E-state index < -0.39 is 32.2 Å². The SMILES string of the molecule is CCCC[C@@H](C)N(CC)C(=O)c1cccc(CS(=O)(=O)c2cccc(C(F)(F)F)c2)n1. The van der Waals surface area contributed by atoms with Gasteiger partial charge < -0.3 is 4.90 Å². The molecule has 0 N–H and O–H groups in total. The molecule has 2 aromatic rings. The number of sulfone groups is 1. The number of carbonyl (C=O) groups is 1. The lowest BCUT2D eigenvalue weighted by Crippen LogP contribution is -2.39. The molecule has 31 heavy (non-hydrogen) atoms. The smallest absolute Gasteiger partial charge is 0.335 e. The molecule has 0 aliphatic carbocycles. The molecule has 0 spiro atoms. The van der Waals surface area contributed by atoms with Gasteiger partial charge in [0, 0.05) is 12.6 Å². The molecule has 1 atom stereocenters. The van der Waals surface area contributed by atoms with Crippen LogP contribution in [0.1, 0.15) is 61.8 Å². The number of pyridine rings is 1. The van der Waals surface area contributed by atoms with Crippen molar-refractivity contribution in [2.45, 2.75) is 62.9 Å². The molecule has 0 aliphatic heterocycles. The van der Waals surface area contributed by atoms with Crippen LogP contribution >= 0.6 is 0 Å². The van der Waals surface area contributed by atoms with Gasteiger partial charge in [0.05, 0.1) is 21.9 Å². The zero-order valence-electron chi connectivity index (χ0n) is 17.8. The molecule has 1 aromatic heterocycles. The van der Waals surface area contributed by atoms with Crippen molar-refractivity contribution < 1.29 is 26.4 Å². The van der Waals surface area contributed by atoms with Crippen LogP contribution in [0.4, 0.5) is 13.2 Å². The summed E-state index contributed by atoms with van der Waals surface area (Å²) in [4.78, 5) is 18.3. The van der Waals surface area contributed by atoms with Crippen LogP contribution in [-0.2, 0) is 21.8 Å². The second-order valence-corrected chi connectivity index (χ2v) is 9.37. The second kappa shape index (κ2) is 10.3. The minimum Gasteiger partial charge on any atom is -0.335 e. The molecule has 0 unspecified atom stereocenters. The number of benzene rings is 1. The molecule has 1 aromatic carbocycles. The number of hydrogen-bond donors (Lipinski definition) is 0. The third-order valence-electron chi connectivity index (χ3n) is 4.99. The Morgan fingerprint density at radius 2 is 1.81 bits per heavy atom. The minimum atomic E-state index is -4.64. The van der Waals surface area contributed by atoms with Crippen LogP contribution in [0.15, 0.2) is 47.4 Å². The first kappa shape index (κ1) is 24.8. The molecule has 0 saturated heterocycles. The predicted molar refractivity (Wildman–Crippen MR) is 112 cm³/mol. The number of hydrogen-bond acceptors (Lipinski definition) is 4. The normalized spacial score (nSPS) is 13.1. The Hall–Kier alpha value is -2.42. The third kappa shape index (κ3) is 6.53. The van der Waals surface area contributed by atoms with Gasteiger partial charge in [-0.1, -0.05) is 31.9 Å². The van der Waals surface area contributed by atoms with Gasteiger partial charge in [-0.3, -0.25) is 4.79 Å². The quantitative estimate of drug-likeness (QED) is 0.526. The van der Waals surface area contributed by atoms with Crippen molar-refractivity contribution in [3.8, 4) is 0 Å². The summed E-state index contributed by atoms with van der Waals surface area (Å²) in [6.45, 7) is 6.38. The van der Waals surface area contributed by atoms with Gasteiger partial charge in [-0.05, 0) is 50.6 Å². The van der Waals surface area contributed by atoms with E-state index in [1.54, 1.807) is 4.90 Å². The summed E-state index contributed by atoms with van der Waals surface area (Å²) in [7, 11) is -4.08. The van der Waals surface area contributed by atoms with Crippen LogP contribution < -0.4 is 0 Å². The van der Waals surface area contributed by atoms with Crippen molar-refractivity contribution in [1.29, 1.82) is 0 Å². The molecule has 9 heteroatoms. The van der Waals surface area contributed by atoms with E-state index in [1.165, 1.54) is 18.2 Å². The average molecular weight is 457 g/mol. The first-order valence-electron chi connectivity index (χ1n) is 10.2. The molecule has 0 fully saturated rings. The van der Waals surface area contributed by atoms with E-state index in [4.69, 9.17) is 0 Å². The topological polar surface area (TPSA) is 67.3 Å². The van der Waals surface area contributed by atoms with Crippen LogP contribution in [0.25, 0.3) is 0 Å². The number of halogens is 3. The van der Waals surface area contributed by atoms with Crippen molar-refractivity contribution in [3.63, 3.8) is 0 Å². The van der Waals surface area contributed by atoms with Crippen molar-refractivity contribution >= 4 is 15.7 Å². The fraction of sp³-hybridized carbons (Fsp3) is 0.455. The lowest BCUT2D eigenvalue weighted by atomic mass is 10.1. The highest BCUT2D eigenvalue weighted by Crippen LogP contribution is 2.31. The summed E-state index contributed by atoms with van der Waals surface area (Å²) in [6, 6.07) is 8.09. The van der Waals surface area contributed by atoms with Crippen LogP contribution in [-0.4, -0.2) is 36.8 Å². The monoisotopic (exact) mass is 456 g/mol. The molecule has 0 aliphatic rings. The summed E-state index contributed by atoms with van der Waals surface area (Å²) in [5, 5.41) is 0. The van der Waals surface area contributed by atoms with E-state index in [-0.39, 0.29) is 23.3 Å². The van der Waals surface area contributed by atoms with Crippen LogP contribution in [0, 0.1) is 0 Å². The van der Waals surface area contributed by atoms with Gasteiger partial charge in [-0.15, -0.1) is 0 Å². The first-order chi connectivity index (χ1) is 14.5. The second-order valence-electron chi connectivity index (χ2n) is 7.38. The first-order valence-corrected chi connectivity index (χ1v) is 11.8. The van der Waals surface area contributed by atoms with E-state index in [2.05, 4.69) is 11.9 Å². The van der Waals surface area contributed by atoms with E-state index in [0.717, 1.165) is 37.5 Å². The highest BCUT2D eigenvalue weighted by atomic mass is 32.2. The Labute approximate surface area is 181 Å². The van der Waals surface area contributed by atoms with Crippen LogP contribution in [0.2, 0.25) is 0 Å². The summed E-state index contributed by atoms with van der Waals surface area (Å²) in [5.74, 6) is -0.906. The van der Waals surface area contributed by atoms with Crippen LogP contribution in [0.5, 0.6) is 0 Å². The van der Waals surface area contributed by atoms with Gasteiger partial charge in [0.25, 0.3) is 5.91 Å². The number of aromatic nitrogens is 1. The Balaban J connectivity index is 2.26. The lowest BCUT2D eigenvalue weighted by molar-refractivity contribution is -0.137. The molecule has 1 heterocycles. The number of rotatable bonds is 9. The molecular weight excluding hydrogens is 429 g/mol. The summed E-state index contributed by atoms with van der Waals surface area (Å²) < 4.78 is 64.1. The average Bonchev–Trinajstić information content (AvgIpc) is 2.72. The van der Waals surface area contributed by atoms with Crippen molar-refractivity contribution in [2.75, 3.05) is 6.54 Å². The Morgan fingerprint density at radius 3 is 2.42 bits per heavy atom. The van der Waals surface area contributed by atoms with Gasteiger partial charge in [0.2, 0.25) is 0 Å². The summed E-state index contributed by atoms with van der Waals surface area (Å²) >= 11 is 0. The maximum Gasteiger partial charge on any atom is 0.416 e. The molecule has 0 bridgehead atoms. The molecule has 1 amide bonds. The number of alkyl halides is 3. The third-order valence-corrected chi connectivity index (χ3v) is 6.64. The number of amides is 1. The van der Waals surface area contributed by atoms with Crippen molar-refractivity contribution in [3.05, 3.63) is 59.4 Å². The fourth-order valence-electron chi connectivity index (χ4n) is 3.28. The van der Waals surface area contributed by atoms with E-state index in [1.807, 2.05) is 13.8 Å². The molecule has 5 nitrogen and oxygen atoms in total. The van der Waals surface area contributed by atoms with Crippen LogP contribution in [0.3, 0.4) is 0 Å².